The molecule has 0 aliphatic heterocycles. The number of carbonyl (C=O) groups excluding carboxylic acids is 1. The molecule has 0 atom stereocenters. The molecule has 0 aliphatic rings. The Bertz CT molecular complexity index is 1040. The van der Waals surface area contributed by atoms with Crippen molar-refractivity contribution in [3.63, 3.8) is 0 Å². The van der Waals surface area contributed by atoms with Gasteiger partial charge in [-0.1, -0.05) is 25.1 Å². The van der Waals surface area contributed by atoms with Crippen molar-refractivity contribution in [2.75, 3.05) is 0 Å². The highest BCUT2D eigenvalue weighted by Gasteiger charge is 2.13. The summed E-state index contributed by atoms with van der Waals surface area (Å²) >= 11 is 0. The van der Waals surface area contributed by atoms with Crippen LogP contribution in [0.15, 0.2) is 53.3 Å². The third-order valence-electron chi connectivity index (χ3n) is 3.88. The predicted octanol–water partition coefficient (Wildman–Crippen LogP) is 3.69. The topological polar surface area (TPSA) is 52.0 Å². The van der Waals surface area contributed by atoms with Gasteiger partial charge in [-0.05, 0) is 37.3 Å². The zero-order valence-corrected chi connectivity index (χ0v) is 14.0. The highest BCUT2D eigenvalue weighted by atomic mass is 19.1. The van der Waals surface area contributed by atoms with Gasteiger partial charge in [0.2, 0.25) is 0 Å². The van der Waals surface area contributed by atoms with Crippen molar-refractivity contribution >= 4 is 22.8 Å². The lowest BCUT2D eigenvalue weighted by Crippen LogP contribution is -2.23. The number of carbonyl (C=O) groups is 1. The number of rotatable bonds is 4. The number of allylic oxidation sites excluding steroid dienone is 1. The average Bonchev–Trinajstić information content (AvgIpc) is 2.60. The van der Waals surface area contributed by atoms with Crippen molar-refractivity contribution in [2.45, 2.75) is 20.3 Å². The van der Waals surface area contributed by atoms with Crippen molar-refractivity contribution < 1.29 is 9.18 Å². The Hall–Kier alpha value is -3.08. The number of ketones is 1. The molecule has 0 radical (unpaired) electrons. The average molecular weight is 336 g/mol. The van der Waals surface area contributed by atoms with Crippen molar-refractivity contribution in [3.05, 3.63) is 76.1 Å². The first-order valence-electron chi connectivity index (χ1n) is 8.00. The van der Waals surface area contributed by atoms with Gasteiger partial charge in [-0.2, -0.15) is 0 Å². The third-order valence-corrected chi connectivity index (χ3v) is 3.88. The quantitative estimate of drug-likeness (QED) is 0.683. The van der Waals surface area contributed by atoms with Gasteiger partial charge in [0.25, 0.3) is 5.56 Å². The molecule has 0 bridgehead atoms. The molecular weight excluding hydrogens is 319 g/mol. The maximum atomic E-state index is 14.2. The molecule has 3 aromatic rings. The Balaban J connectivity index is 2.31. The zero-order chi connectivity index (χ0) is 18.0. The van der Waals surface area contributed by atoms with E-state index in [-0.39, 0.29) is 16.9 Å². The van der Waals surface area contributed by atoms with Crippen molar-refractivity contribution in [3.8, 4) is 5.69 Å². The number of halogens is 1. The van der Waals surface area contributed by atoms with E-state index in [1.54, 1.807) is 4.57 Å². The van der Waals surface area contributed by atoms with Gasteiger partial charge in [-0.3, -0.25) is 14.2 Å². The van der Waals surface area contributed by atoms with Crippen molar-refractivity contribution in [2.24, 2.45) is 0 Å². The lowest BCUT2D eigenvalue weighted by molar-refractivity contribution is -0.112. The molecule has 3 rings (SSSR count). The summed E-state index contributed by atoms with van der Waals surface area (Å²) in [7, 11) is 0. The molecule has 0 aliphatic carbocycles. The Kier molecular flexibility index (Phi) is 4.57. The molecule has 5 heteroatoms. The molecule has 25 heavy (non-hydrogen) atoms. The predicted molar refractivity (Wildman–Crippen MR) is 96.4 cm³/mol. The van der Waals surface area contributed by atoms with Crippen LogP contribution in [0.5, 0.6) is 0 Å². The molecule has 0 saturated heterocycles. The monoisotopic (exact) mass is 336 g/mol. The molecule has 0 amide bonds. The number of aryl methyl sites for hydroxylation is 1. The SMILES string of the molecule is CCc1nc2cc(F)c(/C=C/C(C)=O)cc2c(=O)n1-c1ccccc1. The maximum Gasteiger partial charge on any atom is 0.265 e. The molecule has 0 unspecified atom stereocenters. The fourth-order valence-corrected chi connectivity index (χ4v) is 2.69. The summed E-state index contributed by atoms with van der Waals surface area (Å²) in [6, 6.07) is 11.9. The minimum absolute atomic E-state index is 0.186. The van der Waals surface area contributed by atoms with Gasteiger partial charge < -0.3 is 0 Å². The second-order valence-electron chi connectivity index (χ2n) is 5.69. The maximum absolute atomic E-state index is 14.2. The minimum Gasteiger partial charge on any atom is -0.295 e. The summed E-state index contributed by atoms with van der Waals surface area (Å²) < 4.78 is 15.8. The van der Waals surface area contributed by atoms with Crippen LogP contribution in [0.3, 0.4) is 0 Å². The van der Waals surface area contributed by atoms with E-state index in [0.29, 0.717) is 28.8 Å². The highest BCUT2D eigenvalue weighted by Crippen LogP contribution is 2.19. The van der Waals surface area contributed by atoms with Crippen LogP contribution in [0.1, 0.15) is 25.2 Å². The third kappa shape index (κ3) is 3.26. The summed E-state index contributed by atoms with van der Waals surface area (Å²) in [6.45, 7) is 3.28. The summed E-state index contributed by atoms with van der Waals surface area (Å²) in [5, 5.41) is 0.311. The van der Waals surface area contributed by atoms with Gasteiger partial charge in [0.1, 0.15) is 11.6 Å². The van der Waals surface area contributed by atoms with E-state index in [1.165, 1.54) is 31.2 Å². The standard InChI is InChI=1S/C20H17FN2O2/c1-3-19-22-18-12-17(21)14(10-9-13(2)24)11-16(18)20(25)23(19)15-7-5-4-6-8-15/h4-12H,3H2,1-2H3/b10-9+. The van der Waals surface area contributed by atoms with Gasteiger partial charge in [-0.15, -0.1) is 0 Å². The fraction of sp³-hybridized carbons (Fsp3) is 0.150. The smallest absolute Gasteiger partial charge is 0.265 e. The Labute approximate surface area is 144 Å². The summed E-state index contributed by atoms with van der Waals surface area (Å²) in [5.74, 6) is -0.146. The molecule has 4 nitrogen and oxygen atoms in total. The van der Waals surface area contributed by atoms with E-state index in [2.05, 4.69) is 4.98 Å². The summed E-state index contributed by atoms with van der Waals surface area (Å²) in [6.07, 6.45) is 3.18. The van der Waals surface area contributed by atoms with Crippen LogP contribution in [0, 0.1) is 5.82 Å². The Morgan fingerprint density at radius 1 is 1.24 bits per heavy atom. The van der Waals surface area contributed by atoms with Gasteiger partial charge in [0.15, 0.2) is 5.78 Å². The summed E-state index contributed by atoms with van der Waals surface area (Å²) in [4.78, 5) is 28.6. The first-order valence-corrected chi connectivity index (χ1v) is 8.00. The molecule has 2 aromatic carbocycles. The van der Waals surface area contributed by atoms with Crippen LogP contribution < -0.4 is 5.56 Å². The number of fused-ring (bicyclic) bond motifs is 1. The number of para-hydroxylation sites is 1. The number of hydrogen-bond donors (Lipinski definition) is 0. The van der Waals surface area contributed by atoms with Gasteiger partial charge in [-0.25, -0.2) is 9.37 Å². The molecule has 1 aromatic heterocycles. The van der Waals surface area contributed by atoms with Crippen LogP contribution >= 0.6 is 0 Å². The van der Waals surface area contributed by atoms with E-state index < -0.39 is 5.82 Å². The molecule has 0 saturated carbocycles. The summed E-state index contributed by atoms with van der Waals surface area (Å²) in [5.41, 5.74) is 0.950. The molecular formula is C20H17FN2O2. The van der Waals surface area contributed by atoms with Crippen LogP contribution in [0.25, 0.3) is 22.7 Å². The van der Waals surface area contributed by atoms with Crippen molar-refractivity contribution in [1.82, 2.24) is 9.55 Å². The van der Waals surface area contributed by atoms with Crippen LogP contribution in [-0.2, 0) is 11.2 Å². The molecule has 0 spiro atoms. The Morgan fingerprint density at radius 2 is 1.96 bits per heavy atom. The number of benzene rings is 2. The van der Waals surface area contributed by atoms with E-state index >= 15 is 0 Å². The second-order valence-corrected chi connectivity index (χ2v) is 5.69. The van der Waals surface area contributed by atoms with Crippen LogP contribution in [-0.4, -0.2) is 15.3 Å². The van der Waals surface area contributed by atoms with Gasteiger partial charge in [0, 0.05) is 18.1 Å². The lowest BCUT2D eigenvalue weighted by Gasteiger charge is -2.13. The van der Waals surface area contributed by atoms with E-state index in [4.69, 9.17) is 0 Å². The fourth-order valence-electron chi connectivity index (χ4n) is 2.69. The Morgan fingerprint density at radius 3 is 2.60 bits per heavy atom. The number of aromatic nitrogens is 2. The van der Waals surface area contributed by atoms with E-state index in [0.717, 1.165) is 0 Å². The highest BCUT2D eigenvalue weighted by molar-refractivity contribution is 5.92. The first-order chi connectivity index (χ1) is 12.0. The van der Waals surface area contributed by atoms with Crippen LogP contribution in [0.2, 0.25) is 0 Å². The minimum atomic E-state index is -0.517. The number of hydrogen-bond acceptors (Lipinski definition) is 3. The molecule has 1 heterocycles. The molecule has 0 fully saturated rings. The lowest BCUT2D eigenvalue weighted by atomic mass is 10.1. The normalized spacial score (nSPS) is 11.3. The zero-order valence-electron chi connectivity index (χ0n) is 14.0. The van der Waals surface area contributed by atoms with E-state index in [1.807, 2.05) is 37.3 Å². The molecule has 126 valence electrons. The van der Waals surface area contributed by atoms with Gasteiger partial charge in [0.05, 0.1) is 16.6 Å². The van der Waals surface area contributed by atoms with E-state index in [9.17, 15) is 14.0 Å². The number of nitrogens with zero attached hydrogens (tertiary/aromatic N) is 2. The largest absolute Gasteiger partial charge is 0.295 e. The molecule has 0 N–H and O–H groups in total. The van der Waals surface area contributed by atoms with Crippen molar-refractivity contribution in [1.29, 1.82) is 0 Å². The van der Waals surface area contributed by atoms with Gasteiger partial charge >= 0.3 is 0 Å². The van der Waals surface area contributed by atoms with Crippen LogP contribution in [0.4, 0.5) is 4.39 Å². The second kappa shape index (κ2) is 6.81. The first kappa shape index (κ1) is 16.8.